The molecular weight excluding hydrogens is 246 g/mol. The van der Waals surface area contributed by atoms with Gasteiger partial charge in [-0.1, -0.05) is 43.8 Å². The third-order valence-corrected chi connectivity index (χ3v) is 3.07. The summed E-state index contributed by atoms with van der Waals surface area (Å²) in [5, 5.41) is 16.1. The zero-order valence-corrected chi connectivity index (χ0v) is 11.1. The fourth-order valence-electron chi connectivity index (χ4n) is 1.04. The SMILES string of the molecule is C=C(Cl)CSc1nnnn1CCNC(C)C. The molecule has 0 bridgehead atoms. The quantitative estimate of drug-likeness (QED) is 0.754. The Kier molecular flexibility index (Phi) is 5.79. The molecule has 0 aliphatic heterocycles. The summed E-state index contributed by atoms with van der Waals surface area (Å²) in [6, 6.07) is 0.468. The first-order valence-corrected chi connectivity index (χ1v) is 6.41. The van der Waals surface area contributed by atoms with Crippen LogP contribution in [0.2, 0.25) is 0 Å². The molecule has 1 heterocycles. The number of rotatable bonds is 7. The second-order valence-electron chi connectivity index (χ2n) is 3.60. The molecule has 1 N–H and O–H groups in total. The van der Waals surface area contributed by atoms with Crippen molar-refractivity contribution in [1.82, 2.24) is 25.5 Å². The molecule has 16 heavy (non-hydrogen) atoms. The molecule has 0 amide bonds. The van der Waals surface area contributed by atoms with E-state index in [4.69, 9.17) is 11.6 Å². The molecule has 7 heteroatoms. The number of tetrazole rings is 1. The molecule has 0 atom stereocenters. The van der Waals surface area contributed by atoms with Crippen LogP contribution < -0.4 is 5.32 Å². The van der Waals surface area contributed by atoms with Gasteiger partial charge in [-0.25, -0.2) is 4.68 Å². The van der Waals surface area contributed by atoms with E-state index in [2.05, 4.69) is 41.3 Å². The molecule has 0 saturated heterocycles. The molecule has 5 nitrogen and oxygen atoms in total. The van der Waals surface area contributed by atoms with Crippen molar-refractivity contribution in [3.63, 3.8) is 0 Å². The lowest BCUT2D eigenvalue weighted by Gasteiger charge is -2.08. The maximum Gasteiger partial charge on any atom is 0.209 e. The van der Waals surface area contributed by atoms with E-state index in [0.29, 0.717) is 16.8 Å². The Hall–Kier alpha value is -0.590. The molecule has 1 rings (SSSR count). The van der Waals surface area contributed by atoms with Crippen LogP contribution in [0.3, 0.4) is 0 Å². The van der Waals surface area contributed by atoms with Crippen LogP contribution in [-0.4, -0.2) is 38.5 Å². The van der Waals surface area contributed by atoms with Crippen molar-refractivity contribution in [3.8, 4) is 0 Å². The van der Waals surface area contributed by atoms with E-state index < -0.39 is 0 Å². The molecule has 0 saturated carbocycles. The van der Waals surface area contributed by atoms with Crippen molar-refractivity contribution < 1.29 is 0 Å². The van der Waals surface area contributed by atoms with E-state index in [9.17, 15) is 0 Å². The van der Waals surface area contributed by atoms with Gasteiger partial charge in [0.25, 0.3) is 0 Å². The fraction of sp³-hybridized carbons (Fsp3) is 0.667. The van der Waals surface area contributed by atoms with Crippen LogP contribution in [0.5, 0.6) is 0 Å². The maximum absolute atomic E-state index is 5.69. The van der Waals surface area contributed by atoms with E-state index in [1.165, 1.54) is 11.8 Å². The highest BCUT2D eigenvalue weighted by Crippen LogP contribution is 2.17. The predicted molar refractivity (Wildman–Crippen MR) is 66.7 cm³/mol. The lowest BCUT2D eigenvalue weighted by molar-refractivity contribution is 0.485. The molecule has 0 aromatic carbocycles. The predicted octanol–water partition coefficient (Wildman–Crippen LogP) is 1.52. The van der Waals surface area contributed by atoms with Crippen molar-refractivity contribution in [2.45, 2.75) is 31.6 Å². The van der Waals surface area contributed by atoms with Crippen molar-refractivity contribution in [1.29, 1.82) is 0 Å². The van der Waals surface area contributed by atoms with Crippen LogP contribution in [-0.2, 0) is 6.54 Å². The standard InChI is InChI=1S/C9H16ClN5S/c1-7(2)11-4-5-15-9(12-13-14-15)16-6-8(3)10/h7,11H,3-6H2,1-2H3. The Labute approximate surface area is 105 Å². The van der Waals surface area contributed by atoms with Gasteiger partial charge in [0.2, 0.25) is 5.16 Å². The van der Waals surface area contributed by atoms with Gasteiger partial charge in [0, 0.05) is 23.4 Å². The van der Waals surface area contributed by atoms with Crippen LogP contribution in [0.15, 0.2) is 16.8 Å². The Bertz CT molecular complexity index is 338. The lowest BCUT2D eigenvalue weighted by atomic mass is 10.4. The fourth-order valence-corrected chi connectivity index (χ4v) is 1.86. The Balaban J connectivity index is 2.40. The van der Waals surface area contributed by atoms with Crippen LogP contribution >= 0.6 is 23.4 Å². The van der Waals surface area contributed by atoms with Crippen molar-refractivity contribution in [3.05, 3.63) is 11.6 Å². The largest absolute Gasteiger partial charge is 0.313 e. The van der Waals surface area contributed by atoms with Crippen molar-refractivity contribution >= 4 is 23.4 Å². The van der Waals surface area contributed by atoms with E-state index in [1.807, 2.05) is 0 Å². The first-order valence-electron chi connectivity index (χ1n) is 5.05. The monoisotopic (exact) mass is 261 g/mol. The Morgan fingerprint density at radius 2 is 2.38 bits per heavy atom. The summed E-state index contributed by atoms with van der Waals surface area (Å²) < 4.78 is 1.76. The minimum atomic E-state index is 0.468. The smallest absolute Gasteiger partial charge is 0.209 e. The summed E-state index contributed by atoms with van der Waals surface area (Å²) >= 11 is 7.18. The zero-order chi connectivity index (χ0) is 12.0. The number of nitrogens with one attached hydrogen (secondary N) is 1. The maximum atomic E-state index is 5.69. The van der Waals surface area contributed by atoms with Crippen LogP contribution in [0.25, 0.3) is 0 Å². The van der Waals surface area contributed by atoms with E-state index >= 15 is 0 Å². The van der Waals surface area contributed by atoms with Gasteiger partial charge in [-0.15, -0.1) is 5.10 Å². The third-order valence-electron chi connectivity index (χ3n) is 1.73. The first kappa shape index (κ1) is 13.5. The van der Waals surface area contributed by atoms with Crippen molar-refractivity contribution in [2.75, 3.05) is 12.3 Å². The third kappa shape index (κ3) is 4.96. The molecule has 1 aromatic heterocycles. The first-order chi connectivity index (χ1) is 7.59. The zero-order valence-electron chi connectivity index (χ0n) is 9.48. The van der Waals surface area contributed by atoms with Crippen LogP contribution in [0.1, 0.15) is 13.8 Å². The average Bonchev–Trinajstić information content (AvgIpc) is 2.62. The Morgan fingerprint density at radius 3 is 3.00 bits per heavy atom. The van der Waals surface area contributed by atoms with Gasteiger partial charge in [-0.3, -0.25) is 0 Å². The molecule has 90 valence electrons. The second kappa shape index (κ2) is 6.88. The van der Waals surface area contributed by atoms with Gasteiger partial charge in [0.1, 0.15) is 0 Å². The summed E-state index contributed by atoms with van der Waals surface area (Å²) in [5.41, 5.74) is 0. The number of nitrogens with zero attached hydrogens (tertiary/aromatic N) is 4. The molecule has 0 fully saturated rings. The topological polar surface area (TPSA) is 55.6 Å². The average molecular weight is 262 g/mol. The number of hydrogen-bond acceptors (Lipinski definition) is 5. The normalized spacial score (nSPS) is 11.0. The number of aromatic nitrogens is 4. The highest BCUT2D eigenvalue weighted by atomic mass is 35.5. The molecule has 1 aromatic rings. The minimum absolute atomic E-state index is 0.468. The summed E-state index contributed by atoms with van der Waals surface area (Å²) in [6.07, 6.45) is 0. The molecule has 0 radical (unpaired) electrons. The molecular formula is C9H16ClN5S. The van der Waals surface area contributed by atoms with Crippen LogP contribution in [0.4, 0.5) is 0 Å². The van der Waals surface area contributed by atoms with Gasteiger partial charge in [-0.2, -0.15) is 0 Å². The molecule has 0 unspecified atom stereocenters. The number of halogens is 1. The van der Waals surface area contributed by atoms with Gasteiger partial charge in [0.15, 0.2) is 0 Å². The Morgan fingerprint density at radius 1 is 1.62 bits per heavy atom. The van der Waals surface area contributed by atoms with Crippen molar-refractivity contribution in [2.24, 2.45) is 0 Å². The van der Waals surface area contributed by atoms with E-state index in [1.54, 1.807) is 4.68 Å². The second-order valence-corrected chi connectivity index (χ2v) is 5.08. The van der Waals surface area contributed by atoms with Gasteiger partial charge in [0.05, 0.1) is 6.54 Å². The molecule has 0 spiro atoms. The van der Waals surface area contributed by atoms with Crippen LogP contribution in [0, 0.1) is 0 Å². The van der Waals surface area contributed by atoms with Gasteiger partial charge >= 0.3 is 0 Å². The highest BCUT2D eigenvalue weighted by molar-refractivity contribution is 7.99. The summed E-state index contributed by atoms with van der Waals surface area (Å²) in [6.45, 7) is 9.43. The summed E-state index contributed by atoms with van der Waals surface area (Å²) in [5.74, 6) is 0.625. The lowest BCUT2D eigenvalue weighted by Crippen LogP contribution is -2.27. The van der Waals surface area contributed by atoms with Gasteiger partial charge < -0.3 is 5.32 Å². The summed E-state index contributed by atoms with van der Waals surface area (Å²) in [4.78, 5) is 0. The minimum Gasteiger partial charge on any atom is -0.313 e. The molecule has 0 aliphatic carbocycles. The number of thioether (sulfide) groups is 1. The number of hydrogen-bond donors (Lipinski definition) is 1. The van der Waals surface area contributed by atoms with E-state index in [0.717, 1.165) is 18.2 Å². The van der Waals surface area contributed by atoms with Gasteiger partial charge in [-0.05, 0) is 10.4 Å². The summed E-state index contributed by atoms with van der Waals surface area (Å²) in [7, 11) is 0. The highest BCUT2D eigenvalue weighted by Gasteiger charge is 2.06. The van der Waals surface area contributed by atoms with E-state index in [-0.39, 0.29) is 0 Å². The molecule has 0 aliphatic rings.